The Bertz CT molecular complexity index is 1340. The molecule has 0 unspecified atom stereocenters. The van der Waals surface area contributed by atoms with E-state index in [-0.39, 0.29) is 0 Å². The van der Waals surface area contributed by atoms with E-state index >= 15 is 0 Å². The minimum absolute atomic E-state index is 1.25. The van der Waals surface area contributed by atoms with E-state index in [1.165, 1.54) is 44.0 Å². The van der Waals surface area contributed by atoms with Gasteiger partial charge in [0.25, 0.3) is 0 Å². The molecule has 0 aliphatic heterocycles. The molecule has 0 amide bonds. The summed E-state index contributed by atoms with van der Waals surface area (Å²) in [7, 11) is -6.00. The zero-order valence-electron chi connectivity index (χ0n) is 16.2. The SMILES string of the molecule is Cc1cc(-c2ccccc2)cc2c3ccccc3c3ccccc3[n+]12.F[B-](F)(F)F. The second-order valence-electron chi connectivity index (χ2n) is 7.03. The van der Waals surface area contributed by atoms with Crippen LogP contribution in [-0.2, 0) is 0 Å². The van der Waals surface area contributed by atoms with Crippen LogP contribution < -0.4 is 4.40 Å². The Morgan fingerprint density at radius 1 is 0.567 bits per heavy atom. The van der Waals surface area contributed by atoms with Crippen molar-refractivity contribution in [3.63, 3.8) is 0 Å². The molecule has 0 fully saturated rings. The van der Waals surface area contributed by atoms with Gasteiger partial charge in [-0.05, 0) is 23.3 Å². The van der Waals surface area contributed by atoms with E-state index in [1.54, 1.807) is 0 Å². The summed E-state index contributed by atoms with van der Waals surface area (Å²) in [6.07, 6.45) is 0. The van der Waals surface area contributed by atoms with Crippen molar-refractivity contribution in [1.82, 2.24) is 0 Å². The third-order valence-corrected chi connectivity index (χ3v) is 5.00. The molecule has 2 heterocycles. The van der Waals surface area contributed by atoms with Crippen molar-refractivity contribution in [2.45, 2.75) is 6.92 Å². The quantitative estimate of drug-likeness (QED) is 0.122. The van der Waals surface area contributed by atoms with Crippen molar-refractivity contribution >= 4 is 34.4 Å². The molecule has 0 radical (unpaired) electrons. The van der Waals surface area contributed by atoms with E-state index in [0.717, 1.165) is 0 Å². The number of aryl methyl sites for hydroxylation is 1. The van der Waals surface area contributed by atoms with Crippen LogP contribution in [0.2, 0.25) is 0 Å². The molecule has 0 spiro atoms. The van der Waals surface area contributed by atoms with Crippen molar-refractivity contribution in [3.8, 4) is 11.1 Å². The van der Waals surface area contributed by atoms with Gasteiger partial charge in [0.1, 0.15) is 0 Å². The molecule has 3 aromatic carbocycles. The van der Waals surface area contributed by atoms with Gasteiger partial charge in [0, 0.05) is 30.5 Å². The standard InChI is InChI=1S/C24H18N.BF4/c1-17-15-19(18-9-3-2-4-10-18)16-24-22-13-6-5-11-20(22)21-12-7-8-14-23(21)25(17)24;2-1(3,4)5/h2-16H,1H3;/q+1;-1. The Morgan fingerprint density at radius 2 is 1.07 bits per heavy atom. The van der Waals surface area contributed by atoms with Gasteiger partial charge in [-0.15, -0.1) is 0 Å². The van der Waals surface area contributed by atoms with Crippen LogP contribution in [0.1, 0.15) is 5.69 Å². The van der Waals surface area contributed by atoms with Gasteiger partial charge in [-0.3, -0.25) is 0 Å². The van der Waals surface area contributed by atoms with Crippen LogP contribution in [-0.4, -0.2) is 7.25 Å². The molecule has 0 saturated heterocycles. The van der Waals surface area contributed by atoms with E-state index in [4.69, 9.17) is 0 Å². The Morgan fingerprint density at radius 3 is 1.70 bits per heavy atom. The van der Waals surface area contributed by atoms with Gasteiger partial charge >= 0.3 is 7.25 Å². The molecule has 1 nitrogen and oxygen atoms in total. The van der Waals surface area contributed by atoms with Crippen molar-refractivity contribution < 1.29 is 21.7 Å². The van der Waals surface area contributed by atoms with E-state index in [0.29, 0.717) is 0 Å². The minimum Gasteiger partial charge on any atom is -0.418 e. The maximum Gasteiger partial charge on any atom is 0.673 e. The topological polar surface area (TPSA) is 4.10 Å². The minimum atomic E-state index is -6.00. The third kappa shape index (κ3) is 3.99. The van der Waals surface area contributed by atoms with E-state index in [2.05, 4.69) is 102 Å². The summed E-state index contributed by atoms with van der Waals surface area (Å²) in [6.45, 7) is 2.20. The summed E-state index contributed by atoms with van der Waals surface area (Å²) >= 11 is 0. The molecular weight excluding hydrogens is 389 g/mol. The monoisotopic (exact) mass is 407 g/mol. The lowest BCUT2D eigenvalue weighted by Crippen LogP contribution is -2.27. The van der Waals surface area contributed by atoms with E-state index in [1.807, 2.05) is 0 Å². The van der Waals surface area contributed by atoms with Gasteiger partial charge in [0.15, 0.2) is 5.69 Å². The highest BCUT2D eigenvalue weighted by Gasteiger charge is 2.21. The first-order chi connectivity index (χ1) is 14.3. The fraction of sp³-hybridized carbons (Fsp3) is 0.0417. The summed E-state index contributed by atoms with van der Waals surface area (Å²) in [6, 6.07) is 32.6. The molecular formula is C24H18BF4N. The normalized spacial score (nSPS) is 11.5. The second-order valence-corrected chi connectivity index (χ2v) is 7.03. The fourth-order valence-electron chi connectivity index (χ4n) is 3.89. The number of pyridine rings is 2. The first kappa shape index (κ1) is 19.9. The molecule has 2 aromatic heterocycles. The predicted octanol–water partition coefficient (Wildman–Crippen LogP) is 7.01. The molecule has 150 valence electrons. The van der Waals surface area contributed by atoms with Gasteiger partial charge in [-0.25, -0.2) is 0 Å². The number of hydrogen-bond donors (Lipinski definition) is 0. The number of hydrogen-bond acceptors (Lipinski definition) is 0. The molecule has 0 saturated carbocycles. The highest BCUT2D eigenvalue weighted by Crippen LogP contribution is 2.29. The first-order valence-electron chi connectivity index (χ1n) is 9.51. The molecule has 6 heteroatoms. The van der Waals surface area contributed by atoms with Crippen LogP contribution in [0.4, 0.5) is 17.3 Å². The van der Waals surface area contributed by atoms with Gasteiger partial charge in [-0.1, -0.05) is 60.7 Å². The van der Waals surface area contributed by atoms with E-state index in [9.17, 15) is 17.3 Å². The summed E-state index contributed by atoms with van der Waals surface area (Å²) in [5, 5.41) is 3.90. The molecule has 0 N–H and O–H groups in total. The maximum atomic E-state index is 9.75. The van der Waals surface area contributed by atoms with Gasteiger partial charge in [-0.2, -0.15) is 4.40 Å². The molecule has 0 atom stereocenters. The molecule has 0 bridgehead atoms. The lowest BCUT2D eigenvalue weighted by Gasteiger charge is -2.08. The number of halogens is 4. The summed E-state index contributed by atoms with van der Waals surface area (Å²) in [4.78, 5) is 0. The molecule has 30 heavy (non-hydrogen) atoms. The zero-order valence-corrected chi connectivity index (χ0v) is 16.2. The lowest BCUT2D eigenvalue weighted by atomic mass is 10.00. The van der Waals surface area contributed by atoms with Gasteiger partial charge in [0.05, 0.1) is 10.8 Å². The van der Waals surface area contributed by atoms with Gasteiger partial charge < -0.3 is 17.3 Å². The van der Waals surface area contributed by atoms with Crippen LogP contribution in [0.5, 0.6) is 0 Å². The summed E-state index contributed by atoms with van der Waals surface area (Å²) in [5.74, 6) is 0. The number of para-hydroxylation sites is 1. The average Bonchev–Trinajstić information content (AvgIpc) is 2.73. The molecule has 0 aliphatic rings. The average molecular weight is 407 g/mol. The Hall–Kier alpha value is -3.41. The predicted molar refractivity (Wildman–Crippen MR) is 115 cm³/mol. The van der Waals surface area contributed by atoms with Crippen LogP contribution >= 0.6 is 0 Å². The Kier molecular flexibility index (Phi) is 5.16. The maximum absolute atomic E-state index is 9.75. The van der Waals surface area contributed by atoms with Crippen molar-refractivity contribution in [2.75, 3.05) is 0 Å². The van der Waals surface area contributed by atoms with Gasteiger partial charge in [0.2, 0.25) is 11.0 Å². The highest BCUT2D eigenvalue weighted by molar-refractivity contribution is 6.50. The van der Waals surface area contributed by atoms with Crippen molar-refractivity contribution in [3.05, 3.63) is 96.7 Å². The molecule has 5 aromatic rings. The molecule has 0 aliphatic carbocycles. The smallest absolute Gasteiger partial charge is 0.418 e. The Balaban J connectivity index is 0.000000393. The van der Waals surface area contributed by atoms with Crippen LogP contribution in [0, 0.1) is 6.92 Å². The van der Waals surface area contributed by atoms with Crippen molar-refractivity contribution in [1.29, 1.82) is 0 Å². The number of benzene rings is 3. The first-order valence-corrected chi connectivity index (χ1v) is 9.51. The summed E-state index contributed by atoms with van der Waals surface area (Å²) < 4.78 is 41.4. The Labute approximate surface area is 171 Å². The molecule has 5 rings (SSSR count). The number of rotatable bonds is 1. The highest BCUT2D eigenvalue weighted by atomic mass is 19.5. The summed E-state index contributed by atoms with van der Waals surface area (Å²) in [5.41, 5.74) is 6.28. The number of fused-ring (bicyclic) bond motifs is 6. The number of nitrogens with zero attached hydrogens (tertiary/aromatic N) is 1. The second kappa shape index (κ2) is 7.79. The van der Waals surface area contributed by atoms with Crippen LogP contribution in [0.25, 0.3) is 38.3 Å². The largest absolute Gasteiger partial charge is 0.673 e. The lowest BCUT2D eigenvalue weighted by molar-refractivity contribution is -0.488. The third-order valence-electron chi connectivity index (χ3n) is 5.00. The fourth-order valence-corrected chi connectivity index (χ4v) is 3.89. The van der Waals surface area contributed by atoms with E-state index < -0.39 is 7.25 Å². The van der Waals surface area contributed by atoms with Crippen LogP contribution in [0.15, 0.2) is 91.0 Å². The van der Waals surface area contributed by atoms with Crippen molar-refractivity contribution in [2.24, 2.45) is 0 Å². The zero-order chi connectivity index (χ0) is 21.3. The van der Waals surface area contributed by atoms with Crippen LogP contribution in [0.3, 0.4) is 0 Å². The number of aromatic nitrogens is 1.